The minimum Gasteiger partial charge on any atom is -0.398 e. The van der Waals surface area contributed by atoms with Crippen molar-refractivity contribution in [1.82, 2.24) is 0 Å². The SMILES string of the molecule is Cc1cc(-c2ccccc2)cc(-c2ccccc2)c1N. The van der Waals surface area contributed by atoms with Gasteiger partial charge in [0.15, 0.2) is 0 Å². The average Bonchev–Trinajstić information content (AvgIpc) is 2.51. The van der Waals surface area contributed by atoms with E-state index in [0.29, 0.717) is 0 Å². The summed E-state index contributed by atoms with van der Waals surface area (Å²) >= 11 is 0. The highest BCUT2D eigenvalue weighted by Crippen LogP contribution is 2.33. The molecule has 3 rings (SSSR count). The van der Waals surface area contributed by atoms with Gasteiger partial charge in [0.05, 0.1) is 0 Å². The van der Waals surface area contributed by atoms with Crippen molar-refractivity contribution in [3.8, 4) is 22.3 Å². The molecule has 0 heterocycles. The van der Waals surface area contributed by atoms with E-state index in [1.807, 2.05) is 24.3 Å². The van der Waals surface area contributed by atoms with Gasteiger partial charge in [0.2, 0.25) is 0 Å². The highest BCUT2D eigenvalue weighted by molar-refractivity contribution is 5.84. The molecule has 0 amide bonds. The fraction of sp³-hybridized carbons (Fsp3) is 0.0526. The van der Waals surface area contributed by atoms with Gasteiger partial charge in [0.25, 0.3) is 0 Å². The molecule has 0 atom stereocenters. The predicted molar refractivity (Wildman–Crippen MR) is 86.5 cm³/mol. The zero-order valence-corrected chi connectivity index (χ0v) is 11.5. The van der Waals surface area contributed by atoms with Gasteiger partial charge in [-0.05, 0) is 41.3 Å². The summed E-state index contributed by atoms with van der Waals surface area (Å²) in [5, 5.41) is 0. The molecule has 1 heteroatoms. The normalized spacial score (nSPS) is 10.4. The molecule has 0 fully saturated rings. The van der Waals surface area contributed by atoms with Crippen molar-refractivity contribution in [3.05, 3.63) is 78.4 Å². The van der Waals surface area contributed by atoms with Crippen molar-refractivity contribution in [2.75, 3.05) is 5.73 Å². The summed E-state index contributed by atoms with van der Waals surface area (Å²) in [6.07, 6.45) is 0. The molecule has 3 aromatic carbocycles. The maximum atomic E-state index is 6.26. The van der Waals surface area contributed by atoms with Gasteiger partial charge in [0.1, 0.15) is 0 Å². The highest BCUT2D eigenvalue weighted by Gasteiger charge is 2.08. The van der Waals surface area contributed by atoms with Crippen molar-refractivity contribution in [3.63, 3.8) is 0 Å². The summed E-state index contributed by atoms with van der Waals surface area (Å²) < 4.78 is 0. The third-order valence-electron chi connectivity index (χ3n) is 3.58. The van der Waals surface area contributed by atoms with E-state index in [9.17, 15) is 0 Å². The zero-order chi connectivity index (χ0) is 13.9. The minimum atomic E-state index is 0.857. The van der Waals surface area contributed by atoms with E-state index in [1.54, 1.807) is 0 Å². The Labute approximate surface area is 119 Å². The van der Waals surface area contributed by atoms with Crippen LogP contribution in [0, 0.1) is 6.92 Å². The summed E-state index contributed by atoms with van der Waals surface area (Å²) in [7, 11) is 0. The molecule has 0 radical (unpaired) electrons. The Morgan fingerprint density at radius 2 is 1.20 bits per heavy atom. The molecule has 1 nitrogen and oxygen atoms in total. The van der Waals surface area contributed by atoms with E-state index < -0.39 is 0 Å². The van der Waals surface area contributed by atoms with Crippen molar-refractivity contribution in [2.24, 2.45) is 0 Å². The molecule has 20 heavy (non-hydrogen) atoms. The number of hydrogen-bond acceptors (Lipinski definition) is 1. The van der Waals surface area contributed by atoms with Gasteiger partial charge in [-0.25, -0.2) is 0 Å². The standard InChI is InChI=1S/C19H17N/c1-14-12-17(15-8-4-2-5-9-15)13-18(19(14)20)16-10-6-3-7-11-16/h2-13H,20H2,1H3. The number of benzene rings is 3. The number of nitrogen functional groups attached to an aromatic ring is 1. The van der Waals surface area contributed by atoms with Crippen LogP contribution in [0.1, 0.15) is 5.56 Å². The van der Waals surface area contributed by atoms with E-state index in [2.05, 4.69) is 55.5 Å². The lowest BCUT2D eigenvalue weighted by Gasteiger charge is -2.12. The van der Waals surface area contributed by atoms with Gasteiger partial charge in [-0.3, -0.25) is 0 Å². The van der Waals surface area contributed by atoms with Crippen LogP contribution in [-0.4, -0.2) is 0 Å². The topological polar surface area (TPSA) is 26.0 Å². The Hall–Kier alpha value is -2.54. The second kappa shape index (κ2) is 5.22. The van der Waals surface area contributed by atoms with Gasteiger partial charge < -0.3 is 5.73 Å². The first-order valence-corrected chi connectivity index (χ1v) is 6.76. The van der Waals surface area contributed by atoms with E-state index in [-0.39, 0.29) is 0 Å². The van der Waals surface area contributed by atoms with Gasteiger partial charge in [-0.2, -0.15) is 0 Å². The lowest BCUT2D eigenvalue weighted by molar-refractivity contribution is 1.46. The zero-order valence-electron chi connectivity index (χ0n) is 11.5. The Kier molecular flexibility index (Phi) is 3.26. The van der Waals surface area contributed by atoms with Crippen molar-refractivity contribution < 1.29 is 0 Å². The molecule has 0 aliphatic carbocycles. The largest absolute Gasteiger partial charge is 0.398 e. The lowest BCUT2D eigenvalue weighted by Crippen LogP contribution is -1.95. The Morgan fingerprint density at radius 1 is 0.650 bits per heavy atom. The fourth-order valence-electron chi connectivity index (χ4n) is 2.45. The second-order valence-corrected chi connectivity index (χ2v) is 4.99. The van der Waals surface area contributed by atoms with Crippen LogP contribution >= 0.6 is 0 Å². The fourth-order valence-corrected chi connectivity index (χ4v) is 2.45. The molecule has 0 aromatic heterocycles. The third kappa shape index (κ3) is 2.30. The molecule has 0 aliphatic heterocycles. The summed E-state index contributed by atoms with van der Waals surface area (Å²) in [5.41, 5.74) is 12.9. The molecular formula is C19H17N. The molecule has 0 saturated carbocycles. The number of rotatable bonds is 2. The third-order valence-corrected chi connectivity index (χ3v) is 3.58. The Bertz CT molecular complexity index is 716. The van der Waals surface area contributed by atoms with Crippen LogP contribution in [-0.2, 0) is 0 Å². The van der Waals surface area contributed by atoms with Crippen molar-refractivity contribution >= 4 is 5.69 Å². The summed E-state index contributed by atoms with van der Waals surface area (Å²) in [6, 6.07) is 25.0. The van der Waals surface area contributed by atoms with Gasteiger partial charge in [0, 0.05) is 11.3 Å². The number of aryl methyl sites for hydroxylation is 1. The lowest BCUT2D eigenvalue weighted by atomic mass is 9.95. The van der Waals surface area contributed by atoms with Crippen LogP contribution in [0.15, 0.2) is 72.8 Å². The smallest absolute Gasteiger partial charge is 0.0423 e. The first-order valence-electron chi connectivity index (χ1n) is 6.76. The molecule has 98 valence electrons. The maximum Gasteiger partial charge on any atom is 0.0423 e. The van der Waals surface area contributed by atoms with E-state index in [4.69, 9.17) is 5.73 Å². The van der Waals surface area contributed by atoms with E-state index >= 15 is 0 Å². The van der Waals surface area contributed by atoms with Gasteiger partial charge in [-0.1, -0.05) is 60.7 Å². The Balaban J connectivity index is 2.19. The molecule has 0 aliphatic rings. The quantitative estimate of drug-likeness (QED) is 0.650. The molecule has 0 saturated heterocycles. The molecule has 0 bridgehead atoms. The second-order valence-electron chi connectivity index (χ2n) is 4.99. The average molecular weight is 259 g/mol. The molecule has 0 unspecified atom stereocenters. The van der Waals surface area contributed by atoms with Crippen LogP contribution in [0.2, 0.25) is 0 Å². The van der Waals surface area contributed by atoms with Crippen LogP contribution in [0.25, 0.3) is 22.3 Å². The van der Waals surface area contributed by atoms with E-state index in [0.717, 1.165) is 22.4 Å². The van der Waals surface area contributed by atoms with Crippen molar-refractivity contribution in [1.29, 1.82) is 0 Å². The molecule has 2 N–H and O–H groups in total. The van der Waals surface area contributed by atoms with E-state index in [1.165, 1.54) is 11.1 Å². The van der Waals surface area contributed by atoms with Crippen molar-refractivity contribution in [2.45, 2.75) is 6.92 Å². The van der Waals surface area contributed by atoms with Crippen LogP contribution in [0.3, 0.4) is 0 Å². The summed E-state index contributed by atoms with van der Waals surface area (Å²) in [5.74, 6) is 0. The Morgan fingerprint density at radius 3 is 1.80 bits per heavy atom. The number of anilines is 1. The van der Waals surface area contributed by atoms with Gasteiger partial charge >= 0.3 is 0 Å². The molecule has 3 aromatic rings. The number of hydrogen-bond donors (Lipinski definition) is 1. The van der Waals surface area contributed by atoms with Crippen LogP contribution in [0.4, 0.5) is 5.69 Å². The first-order chi connectivity index (χ1) is 9.75. The molecule has 0 spiro atoms. The van der Waals surface area contributed by atoms with Crippen LogP contribution < -0.4 is 5.73 Å². The first kappa shape index (κ1) is 12.5. The summed E-state index contributed by atoms with van der Waals surface area (Å²) in [6.45, 7) is 2.06. The summed E-state index contributed by atoms with van der Waals surface area (Å²) in [4.78, 5) is 0. The highest BCUT2D eigenvalue weighted by atomic mass is 14.6. The van der Waals surface area contributed by atoms with Gasteiger partial charge in [-0.15, -0.1) is 0 Å². The van der Waals surface area contributed by atoms with Crippen LogP contribution in [0.5, 0.6) is 0 Å². The predicted octanol–water partition coefficient (Wildman–Crippen LogP) is 4.91. The monoisotopic (exact) mass is 259 g/mol. The minimum absolute atomic E-state index is 0.857. The maximum absolute atomic E-state index is 6.26. The number of nitrogens with two attached hydrogens (primary N) is 1. The molecular weight excluding hydrogens is 242 g/mol.